The van der Waals surface area contributed by atoms with Crippen LogP contribution in [0.3, 0.4) is 0 Å². The first-order valence-corrected chi connectivity index (χ1v) is 8.78. The minimum atomic E-state index is -0.980. The standard InChI is InChI=1S/C21H22FNO5/c1-14(21(26)23-13-15-3-9-18(27-2)10-4-15)28-20(25)12-11-19(24)16-5-7-17(22)8-6-16/h3-10,14H,11-13H2,1-2H3,(H,23,26)/t14-/m0/s1. The molecule has 0 saturated carbocycles. The summed E-state index contributed by atoms with van der Waals surface area (Å²) in [6.45, 7) is 1.75. The average Bonchev–Trinajstić information content (AvgIpc) is 2.71. The van der Waals surface area contributed by atoms with E-state index in [2.05, 4.69) is 5.32 Å². The highest BCUT2D eigenvalue weighted by Crippen LogP contribution is 2.11. The number of ketones is 1. The molecule has 28 heavy (non-hydrogen) atoms. The Labute approximate surface area is 162 Å². The van der Waals surface area contributed by atoms with Crippen molar-refractivity contribution in [3.63, 3.8) is 0 Å². The molecule has 0 bridgehead atoms. The Balaban J connectivity index is 1.73. The summed E-state index contributed by atoms with van der Waals surface area (Å²) in [7, 11) is 1.57. The summed E-state index contributed by atoms with van der Waals surface area (Å²) < 4.78 is 23.0. The van der Waals surface area contributed by atoms with Crippen molar-refractivity contribution in [2.45, 2.75) is 32.4 Å². The number of rotatable bonds is 9. The fourth-order valence-electron chi connectivity index (χ4n) is 2.38. The highest BCUT2D eigenvalue weighted by atomic mass is 19.1. The summed E-state index contributed by atoms with van der Waals surface area (Å²) in [5.41, 5.74) is 1.19. The van der Waals surface area contributed by atoms with Crippen LogP contribution in [0.2, 0.25) is 0 Å². The molecule has 2 rings (SSSR count). The van der Waals surface area contributed by atoms with E-state index in [-0.39, 0.29) is 25.2 Å². The molecule has 6 nitrogen and oxygen atoms in total. The molecular weight excluding hydrogens is 365 g/mol. The molecule has 0 unspecified atom stereocenters. The Bertz CT molecular complexity index is 818. The van der Waals surface area contributed by atoms with Gasteiger partial charge in [0.1, 0.15) is 11.6 Å². The van der Waals surface area contributed by atoms with Crippen molar-refractivity contribution in [3.05, 3.63) is 65.5 Å². The first-order valence-electron chi connectivity index (χ1n) is 8.78. The van der Waals surface area contributed by atoms with Crippen LogP contribution >= 0.6 is 0 Å². The quantitative estimate of drug-likeness (QED) is 0.528. The van der Waals surface area contributed by atoms with Gasteiger partial charge in [-0.25, -0.2) is 4.39 Å². The van der Waals surface area contributed by atoms with Gasteiger partial charge in [0, 0.05) is 18.5 Å². The minimum Gasteiger partial charge on any atom is -0.497 e. The zero-order chi connectivity index (χ0) is 20.5. The number of ether oxygens (including phenoxy) is 2. The maximum atomic E-state index is 12.9. The number of carbonyl (C=O) groups excluding carboxylic acids is 3. The van der Waals surface area contributed by atoms with Crippen LogP contribution in [-0.2, 0) is 20.9 Å². The molecule has 0 spiro atoms. The second-order valence-electron chi connectivity index (χ2n) is 6.13. The summed E-state index contributed by atoms with van der Waals surface area (Å²) >= 11 is 0. The average molecular weight is 387 g/mol. The van der Waals surface area contributed by atoms with E-state index in [4.69, 9.17) is 9.47 Å². The van der Waals surface area contributed by atoms with Crippen molar-refractivity contribution in [3.8, 4) is 5.75 Å². The van der Waals surface area contributed by atoms with Crippen LogP contribution < -0.4 is 10.1 Å². The van der Waals surface area contributed by atoms with Crippen molar-refractivity contribution in [2.75, 3.05) is 7.11 Å². The molecule has 0 aliphatic heterocycles. The van der Waals surface area contributed by atoms with Gasteiger partial charge in [-0.15, -0.1) is 0 Å². The largest absolute Gasteiger partial charge is 0.497 e. The summed E-state index contributed by atoms with van der Waals surface area (Å²) in [5.74, 6) is -1.11. The Morgan fingerprint density at radius 1 is 1.00 bits per heavy atom. The minimum absolute atomic E-state index is 0.0787. The third-order valence-electron chi connectivity index (χ3n) is 4.03. The zero-order valence-corrected chi connectivity index (χ0v) is 15.7. The van der Waals surface area contributed by atoms with E-state index in [0.717, 1.165) is 5.56 Å². The number of amides is 1. The number of hydrogen-bond acceptors (Lipinski definition) is 5. The van der Waals surface area contributed by atoms with Gasteiger partial charge in [0.25, 0.3) is 5.91 Å². The van der Waals surface area contributed by atoms with Crippen LogP contribution in [-0.4, -0.2) is 30.9 Å². The molecule has 1 atom stereocenters. The first-order chi connectivity index (χ1) is 13.4. The number of carbonyl (C=O) groups is 3. The molecule has 0 aliphatic rings. The molecule has 0 radical (unpaired) electrons. The topological polar surface area (TPSA) is 81.7 Å². The molecule has 0 saturated heterocycles. The number of methoxy groups -OCH3 is 1. The Hall–Kier alpha value is -3.22. The number of halogens is 1. The smallest absolute Gasteiger partial charge is 0.307 e. The van der Waals surface area contributed by atoms with Gasteiger partial charge in [-0.3, -0.25) is 14.4 Å². The number of Topliss-reactive ketones (excluding diaryl/α,β-unsaturated/α-hetero) is 1. The van der Waals surface area contributed by atoms with Crippen LogP contribution in [0.15, 0.2) is 48.5 Å². The Morgan fingerprint density at radius 3 is 2.25 bits per heavy atom. The second kappa shape index (κ2) is 10.2. The second-order valence-corrected chi connectivity index (χ2v) is 6.13. The lowest BCUT2D eigenvalue weighted by Gasteiger charge is -2.13. The maximum absolute atomic E-state index is 12.9. The highest BCUT2D eigenvalue weighted by Gasteiger charge is 2.18. The number of nitrogens with one attached hydrogen (secondary N) is 1. The van der Waals surface area contributed by atoms with Gasteiger partial charge < -0.3 is 14.8 Å². The van der Waals surface area contributed by atoms with E-state index < -0.39 is 23.8 Å². The molecule has 0 aromatic heterocycles. The van der Waals surface area contributed by atoms with Gasteiger partial charge >= 0.3 is 5.97 Å². The Morgan fingerprint density at radius 2 is 1.64 bits per heavy atom. The number of esters is 1. The molecule has 7 heteroatoms. The third-order valence-corrected chi connectivity index (χ3v) is 4.03. The molecule has 0 fully saturated rings. The summed E-state index contributed by atoms with van der Waals surface area (Å²) in [4.78, 5) is 35.9. The van der Waals surface area contributed by atoms with E-state index in [1.54, 1.807) is 19.2 Å². The molecular formula is C21H22FNO5. The molecule has 0 heterocycles. The fourth-order valence-corrected chi connectivity index (χ4v) is 2.38. The van der Waals surface area contributed by atoms with Crippen molar-refractivity contribution in [2.24, 2.45) is 0 Å². The SMILES string of the molecule is COc1ccc(CNC(=O)[C@H](C)OC(=O)CCC(=O)c2ccc(F)cc2)cc1. The van der Waals surface area contributed by atoms with Crippen molar-refractivity contribution >= 4 is 17.7 Å². The monoisotopic (exact) mass is 387 g/mol. The van der Waals surface area contributed by atoms with Crippen molar-refractivity contribution in [1.29, 1.82) is 0 Å². The van der Waals surface area contributed by atoms with Gasteiger partial charge in [0.05, 0.1) is 13.5 Å². The lowest BCUT2D eigenvalue weighted by Crippen LogP contribution is -2.35. The normalized spacial score (nSPS) is 11.4. The van der Waals surface area contributed by atoms with Crippen molar-refractivity contribution < 1.29 is 28.2 Å². The number of hydrogen-bond donors (Lipinski definition) is 1. The van der Waals surface area contributed by atoms with Gasteiger partial charge in [-0.05, 0) is 48.9 Å². The summed E-state index contributed by atoms with van der Waals surface area (Å²) in [6.07, 6.45) is -1.22. The van der Waals surface area contributed by atoms with Crippen LogP contribution in [0.25, 0.3) is 0 Å². The highest BCUT2D eigenvalue weighted by molar-refractivity contribution is 5.97. The predicted octanol–water partition coefficient (Wildman–Crippen LogP) is 3.05. The maximum Gasteiger partial charge on any atom is 0.307 e. The first kappa shape index (κ1) is 21.1. The lowest BCUT2D eigenvalue weighted by molar-refractivity contribution is -0.154. The van der Waals surface area contributed by atoms with Crippen LogP contribution in [0.5, 0.6) is 5.75 Å². The van der Waals surface area contributed by atoms with Crippen molar-refractivity contribution in [1.82, 2.24) is 5.32 Å². The fraction of sp³-hybridized carbons (Fsp3) is 0.286. The van der Waals surface area contributed by atoms with E-state index in [1.165, 1.54) is 31.2 Å². The van der Waals surface area contributed by atoms with E-state index in [0.29, 0.717) is 11.3 Å². The predicted molar refractivity (Wildman–Crippen MR) is 100 cm³/mol. The molecule has 1 amide bonds. The molecule has 2 aromatic carbocycles. The van der Waals surface area contributed by atoms with Crippen LogP contribution in [0.1, 0.15) is 35.7 Å². The van der Waals surface area contributed by atoms with Gasteiger partial charge in [0.15, 0.2) is 11.9 Å². The third kappa shape index (κ3) is 6.50. The van der Waals surface area contributed by atoms with E-state index in [1.807, 2.05) is 12.1 Å². The molecule has 2 aromatic rings. The lowest BCUT2D eigenvalue weighted by atomic mass is 10.1. The Kier molecular flexibility index (Phi) is 7.68. The molecule has 0 aliphatic carbocycles. The summed E-state index contributed by atoms with van der Waals surface area (Å²) in [5, 5.41) is 2.68. The van der Waals surface area contributed by atoms with Gasteiger partial charge in [-0.2, -0.15) is 0 Å². The number of benzene rings is 2. The van der Waals surface area contributed by atoms with Crippen LogP contribution in [0.4, 0.5) is 4.39 Å². The van der Waals surface area contributed by atoms with E-state index >= 15 is 0 Å². The van der Waals surface area contributed by atoms with Gasteiger partial charge in [0.2, 0.25) is 0 Å². The van der Waals surface area contributed by atoms with E-state index in [9.17, 15) is 18.8 Å². The zero-order valence-electron chi connectivity index (χ0n) is 15.7. The van der Waals surface area contributed by atoms with Gasteiger partial charge in [-0.1, -0.05) is 12.1 Å². The van der Waals surface area contributed by atoms with Crippen LogP contribution in [0, 0.1) is 5.82 Å². The molecule has 148 valence electrons. The summed E-state index contributed by atoms with van der Waals surface area (Å²) in [6, 6.07) is 12.3. The molecule has 1 N–H and O–H groups in total.